The maximum absolute atomic E-state index is 12.5. The van der Waals surface area contributed by atoms with Gasteiger partial charge in [-0.3, -0.25) is 4.79 Å². The Morgan fingerprint density at radius 2 is 1.88 bits per heavy atom. The van der Waals surface area contributed by atoms with E-state index in [1.54, 1.807) is 32.2 Å². The number of carboxylic acid groups (broad SMARTS) is 1. The summed E-state index contributed by atoms with van der Waals surface area (Å²) in [5.74, 6) is -1.95. The van der Waals surface area contributed by atoms with Gasteiger partial charge in [0.1, 0.15) is 17.1 Å². The zero-order chi connectivity index (χ0) is 24.6. The summed E-state index contributed by atoms with van der Waals surface area (Å²) in [5.41, 5.74) is 2.40. The van der Waals surface area contributed by atoms with Crippen molar-refractivity contribution in [2.24, 2.45) is 0 Å². The number of carbonyl (C=O) groups is 2. The molecule has 0 saturated heterocycles. The molecular weight excluding hydrogens is 440 g/mol. The molecule has 0 aliphatic rings. The van der Waals surface area contributed by atoms with Crippen LogP contribution in [0, 0.1) is 13.8 Å². The smallest absolute Gasteiger partial charge is 0.339 e. The second-order valence-corrected chi connectivity index (χ2v) is 8.27. The van der Waals surface area contributed by atoms with Gasteiger partial charge < -0.3 is 34.8 Å². The average molecular weight is 463 g/mol. The number of hydrogen-bond donors (Lipinski definition) is 4. The van der Waals surface area contributed by atoms with Crippen molar-refractivity contribution in [2.45, 2.75) is 39.2 Å². The number of aromatic nitrogens is 1. The zero-order valence-electron chi connectivity index (χ0n) is 18.6. The van der Waals surface area contributed by atoms with E-state index >= 15 is 0 Å². The van der Waals surface area contributed by atoms with Crippen LogP contribution in [0.2, 0.25) is 0 Å². The number of phenolic OH excluding ortho intramolecular Hbond substituents is 2. The molecule has 1 atom stereocenters. The number of aryl methyl sites for hydroxylation is 2. The van der Waals surface area contributed by atoms with Crippen molar-refractivity contribution in [3.63, 3.8) is 0 Å². The van der Waals surface area contributed by atoms with E-state index in [1.165, 1.54) is 18.2 Å². The molecular formula is C25H23N2O7-. The van der Waals surface area contributed by atoms with Crippen molar-refractivity contribution >= 4 is 33.7 Å². The molecule has 2 aromatic heterocycles. The van der Waals surface area contributed by atoms with Crippen molar-refractivity contribution in [3.05, 3.63) is 69.2 Å². The number of carboxylic acids is 1. The minimum absolute atomic E-state index is 0.0147. The Morgan fingerprint density at radius 1 is 1.12 bits per heavy atom. The predicted molar refractivity (Wildman–Crippen MR) is 123 cm³/mol. The molecule has 9 heteroatoms. The first kappa shape index (κ1) is 22.9. The number of amides is 1. The number of benzene rings is 2. The lowest BCUT2D eigenvalue weighted by molar-refractivity contribution is -0.308. The number of aromatic amines is 1. The molecule has 0 aliphatic carbocycles. The van der Waals surface area contributed by atoms with Crippen LogP contribution in [0.3, 0.4) is 0 Å². The molecule has 1 amide bonds. The number of rotatable bonds is 7. The molecule has 0 fully saturated rings. The van der Waals surface area contributed by atoms with Crippen LogP contribution in [-0.4, -0.2) is 33.1 Å². The molecule has 4 aromatic rings. The van der Waals surface area contributed by atoms with Crippen molar-refractivity contribution in [1.82, 2.24) is 10.3 Å². The molecule has 34 heavy (non-hydrogen) atoms. The monoisotopic (exact) mass is 463 g/mol. The quantitative estimate of drug-likeness (QED) is 0.304. The molecule has 2 aromatic carbocycles. The van der Waals surface area contributed by atoms with Gasteiger partial charge in [-0.25, -0.2) is 4.79 Å². The van der Waals surface area contributed by atoms with E-state index < -0.39 is 23.5 Å². The van der Waals surface area contributed by atoms with E-state index in [1.807, 2.05) is 0 Å². The van der Waals surface area contributed by atoms with Gasteiger partial charge in [-0.05, 0) is 61.7 Å². The molecule has 4 N–H and O–H groups in total. The van der Waals surface area contributed by atoms with Crippen molar-refractivity contribution in [2.75, 3.05) is 0 Å². The number of nitrogens with one attached hydrogen (secondary N) is 2. The topological polar surface area (TPSA) is 156 Å². The number of aromatic hydroxyl groups is 2. The van der Waals surface area contributed by atoms with Gasteiger partial charge in [0, 0.05) is 46.5 Å². The highest BCUT2D eigenvalue weighted by Crippen LogP contribution is 2.29. The van der Waals surface area contributed by atoms with Gasteiger partial charge in [-0.15, -0.1) is 0 Å². The Labute approximate surface area is 193 Å². The van der Waals surface area contributed by atoms with Crippen LogP contribution in [0.1, 0.15) is 28.7 Å². The van der Waals surface area contributed by atoms with E-state index in [0.29, 0.717) is 33.0 Å². The van der Waals surface area contributed by atoms with Gasteiger partial charge in [0.15, 0.2) is 0 Å². The highest BCUT2D eigenvalue weighted by Gasteiger charge is 2.19. The summed E-state index contributed by atoms with van der Waals surface area (Å²) < 4.78 is 5.38. The summed E-state index contributed by atoms with van der Waals surface area (Å²) in [7, 11) is 0. The van der Waals surface area contributed by atoms with Crippen molar-refractivity contribution in [1.29, 1.82) is 0 Å². The average Bonchev–Trinajstić information content (AvgIpc) is 3.17. The SMILES string of the molecule is Cc1c(CCC(=O)N[C@@H](Cc2c[nH]c3ccc(O)cc23)C(=O)[O-])c(=O)oc2c(C)c(O)ccc12. The summed E-state index contributed by atoms with van der Waals surface area (Å²) in [4.78, 5) is 39.7. The van der Waals surface area contributed by atoms with Gasteiger partial charge in [-0.1, -0.05) is 0 Å². The molecule has 0 radical (unpaired) electrons. The van der Waals surface area contributed by atoms with Crippen LogP contribution < -0.4 is 16.0 Å². The first-order valence-electron chi connectivity index (χ1n) is 10.7. The Balaban J connectivity index is 1.49. The number of fused-ring (bicyclic) bond motifs is 2. The van der Waals surface area contributed by atoms with E-state index in [0.717, 1.165) is 5.52 Å². The zero-order valence-corrected chi connectivity index (χ0v) is 18.6. The van der Waals surface area contributed by atoms with Gasteiger partial charge in [0.2, 0.25) is 5.91 Å². The molecule has 0 spiro atoms. The minimum Gasteiger partial charge on any atom is -0.548 e. The van der Waals surface area contributed by atoms with E-state index in [9.17, 15) is 29.7 Å². The molecule has 0 unspecified atom stereocenters. The minimum atomic E-state index is -1.44. The van der Waals surface area contributed by atoms with E-state index in [2.05, 4.69) is 10.3 Å². The van der Waals surface area contributed by atoms with Crippen LogP contribution in [0.15, 0.2) is 45.7 Å². The molecule has 176 valence electrons. The van der Waals surface area contributed by atoms with Crippen LogP contribution in [0.25, 0.3) is 21.9 Å². The van der Waals surface area contributed by atoms with E-state index in [4.69, 9.17) is 4.42 Å². The first-order valence-corrected chi connectivity index (χ1v) is 10.7. The Bertz CT molecular complexity index is 1480. The third-order valence-electron chi connectivity index (χ3n) is 6.07. The lowest BCUT2D eigenvalue weighted by Gasteiger charge is -2.19. The van der Waals surface area contributed by atoms with Crippen LogP contribution in [0.4, 0.5) is 0 Å². The molecule has 4 rings (SSSR count). The fraction of sp³-hybridized carbons (Fsp3) is 0.240. The highest BCUT2D eigenvalue weighted by molar-refractivity contribution is 5.88. The summed E-state index contributed by atoms with van der Waals surface area (Å²) in [5, 5.41) is 35.0. The standard InChI is InChI=1S/C25H24N2O7/c1-12-16-4-7-21(29)13(2)23(16)34-25(33)17(12)5-8-22(30)27-20(24(31)32)9-14-11-26-19-6-3-15(28)10-18(14)19/h3-4,6-7,10-11,20,26,28-29H,5,8-9H2,1-2H3,(H,27,30)(H,31,32)/p-1/t20-/m0/s1. The van der Waals surface area contributed by atoms with Crippen molar-refractivity contribution in [3.8, 4) is 11.5 Å². The number of hydrogen-bond acceptors (Lipinski definition) is 7. The predicted octanol–water partition coefficient (Wildman–Crippen LogP) is 1.71. The van der Waals surface area contributed by atoms with Crippen molar-refractivity contribution < 1.29 is 29.3 Å². The van der Waals surface area contributed by atoms with Gasteiger partial charge in [0.05, 0.1) is 12.0 Å². The van der Waals surface area contributed by atoms with Gasteiger partial charge in [-0.2, -0.15) is 0 Å². The maximum Gasteiger partial charge on any atom is 0.339 e. The maximum atomic E-state index is 12.5. The van der Waals surface area contributed by atoms with Gasteiger partial charge >= 0.3 is 5.63 Å². The van der Waals surface area contributed by atoms with E-state index in [-0.39, 0.29) is 36.3 Å². The molecule has 0 saturated carbocycles. The summed E-state index contributed by atoms with van der Waals surface area (Å²) >= 11 is 0. The third-order valence-corrected chi connectivity index (χ3v) is 6.07. The third kappa shape index (κ3) is 4.32. The normalized spacial score (nSPS) is 12.2. The Hall–Kier alpha value is -4.27. The Kier molecular flexibility index (Phi) is 6.02. The van der Waals surface area contributed by atoms with Crippen LogP contribution >= 0.6 is 0 Å². The van der Waals surface area contributed by atoms with Crippen LogP contribution in [-0.2, 0) is 22.4 Å². The highest BCUT2D eigenvalue weighted by atomic mass is 16.4. The van der Waals surface area contributed by atoms with Crippen LogP contribution in [0.5, 0.6) is 11.5 Å². The molecule has 9 nitrogen and oxygen atoms in total. The summed E-state index contributed by atoms with van der Waals surface area (Å²) in [6.45, 7) is 3.38. The summed E-state index contributed by atoms with van der Waals surface area (Å²) in [6, 6.07) is 6.55. The number of aliphatic carboxylic acids is 1. The largest absolute Gasteiger partial charge is 0.548 e. The first-order chi connectivity index (χ1) is 16.2. The lowest BCUT2D eigenvalue weighted by Crippen LogP contribution is -2.49. The fourth-order valence-corrected chi connectivity index (χ4v) is 4.12. The molecule has 2 heterocycles. The number of carbonyl (C=O) groups excluding carboxylic acids is 2. The Morgan fingerprint density at radius 3 is 2.62 bits per heavy atom. The molecule has 0 aliphatic heterocycles. The van der Waals surface area contributed by atoms with Gasteiger partial charge in [0.25, 0.3) is 0 Å². The second kappa shape index (κ2) is 8.93. The lowest BCUT2D eigenvalue weighted by atomic mass is 10.00. The fourth-order valence-electron chi connectivity index (χ4n) is 4.12. The number of phenols is 2. The molecule has 0 bridgehead atoms. The number of H-pyrrole nitrogens is 1. The second-order valence-electron chi connectivity index (χ2n) is 8.27. The summed E-state index contributed by atoms with van der Waals surface area (Å²) in [6.07, 6.45) is 1.50.